The minimum absolute atomic E-state index is 0.352. The molecule has 112 valence electrons. The monoisotopic (exact) mass is 353 g/mol. The highest BCUT2D eigenvalue weighted by molar-refractivity contribution is 9.10. The van der Waals surface area contributed by atoms with Gasteiger partial charge in [0.1, 0.15) is 5.75 Å². The van der Waals surface area contributed by atoms with Crippen molar-refractivity contribution >= 4 is 32.8 Å². The minimum Gasteiger partial charge on any atom is -0.506 e. The number of aryl methyl sites for hydroxylation is 1. The van der Waals surface area contributed by atoms with Crippen molar-refractivity contribution in [2.75, 3.05) is 0 Å². The first-order valence-electron chi connectivity index (χ1n) is 6.61. The van der Waals surface area contributed by atoms with Gasteiger partial charge in [-0.1, -0.05) is 29.8 Å². The van der Waals surface area contributed by atoms with Gasteiger partial charge in [0.05, 0.1) is 5.52 Å². The van der Waals surface area contributed by atoms with E-state index >= 15 is 0 Å². The normalized spacial score (nSPS) is 11.2. The van der Waals surface area contributed by atoms with E-state index in [0.717, 1.165) is 6.42 Å². The Bertz CT molecular complexity index is 764. The Kier molecular flexibility index (Phi) is 4.37. The van der Waals surface area contributed by atoms with Crippen molar-refractivity contribution in [1.29, 1.82) is 0 Å². The maximum atomic E-state index is 12.4. The van der Waals surface area contributed by atoms with Crippen molar-refractivity contribution in [1.82, 2.24) is 4.57 Å². The van der Waals surface area contributed by atoms with Crippen molar-refractivity contribution < 1.29 is 15.0 Å². The molecular formula is C15H16BrNO4. The molecule has 2 rings (SSSR count). The number of pyridine rings is 1. The van der Waals surface area contributed by atoms with Crippen LogP contribution >= 0.6 is 15.9 Å². The molecule has 0 amide bonds. The van der Waals surface area contributed by atoms with Crippen molar-refractivity contribution in [2.45, 2.75) is 26.8 Å². The molecule has 0 bridgehead atoms. The molecule has 2 aromatic rings. The van der Waals surface area contributed by atoms with Crippen LogP contribution in [0.5, 0.6) is 5.75 Å². The third-order valence-electron chi connectivity index (χ3n) is 3.34. The Morgan fingerprint density at radius 1 is 1.38 bits per heavy atom. The van der Waals surface area contributed by atoms with Crippen LogP contribution in [0, 0.1) is 5.92 Å². The van der Waals surface area contributed by atoms with Gasteiger partial charge in [-0.25, -0.2) is 4.79 Å². The molecule has 1 aromatic heterocycles. The van der Waals surface area contributed by atoms with Crippen molar-refractivity contribution in [3.8, 4) is 5.75 Å². The average Bonchev–Trinajstić information content (AvgIpc) is 2.38. The molecule has 21 heavy (non-hydrogen) atoms. The number of carboxylic acids is 1. The summed E-state index contributed by atoms with van der Waals surface area (Å²) >= 11 is 3.29. The molecule has 0 radical (unpaired) electrons. The summed E-state index contributed by atoms with van der Waals surface area (Å²) in [7, 11) is 0. The molecule has 0 aliphatic rings. The zero-order valence-corrected chi connectivity index (χ0v) is 13.3. The fraction of sp³-hybridized carbons (Fsp3) is 0.333. The van der Waals surface area contributed by atoms with Gasteiger partial charge in [-0.05, 0) is 30.5 Å². The molecule has 0 spiro atoms. The van der Waals surface area contributed by atoms with E-state index in [0.29, 0.717) is 27.8 Å². The maximum Gasteiger partial charge on any atom is 0.345 e. The molecule has 0 aliphatic heterocycles. The first kappa shape index (κ1) is 15.6. The lowest BCUT2D eigenvalue weighted by atomic mass is 10.1. The van der Waals surface area contributed by atoms with E-state index in [1.807, 2.05) is 13.8 Å². The van der Waals surface area contributed by atoms with Gasteiger partial charge in [0.25, 0.3) is 5.56 Å². The van der Waals surface area contributed by atoms with E-state index in [2.05, 4.69) is 15.9 Å². The number of carboxylic acid groups (broad SMARTS) is 1. The number of nitrogens with zero attached hydrogens (tertiary/aromatic N) is 1. The number of halogens is 1. The van der Waals surface area contributed by atoms with Gasteiger partial charge in [-0.15, -0.1) is 0 Å². The standard InChI is InChI=1S/C15H16BrNO4/c1-8(2)5-6-17-11-4-3-9(16)7-10(11)13(18)12(14(17)19)15(20)21/h3-4,7-8,18H,5-6H2,1-2H3,(H,20,21). The third kappa shape index (κ3) is 2.95. The number of aromatic carboxylic acids is 1. The number of aromatic hydroxyl groups is 1. The highest BCUT2D eigenvalue weighted by atomic mass is 79.9. The quantitative estimate of drug-likeness (QED) is 0.884. The van der Waals surface area contributed by atoms with Crippen LogP contribution in [0.4, 0.5) is 0 Å². The Hall–Kier alpha value is -1.82. The molecule has 0 atom stereocenters. The minimum atomic E-state index is -1.42. The largest absolute Gasteiger partial charge is 0.506 e. The lowest BCUT2D eigenvalue weighted by molar-refractivity contribution is 0.0691. The van der Waals surface area contributed by atoms with Gasteiger partial charge in [-0.3, -0.25) is 4.79 Å². The summed E-state index contributed by atoms with van der Waals surface area (Å²) in [6.07, 6.45) is 0.745. The van der Waals surface area contributed by atoms with E-state index in [1.165, 1.54) is 4.57 Å². The molecule has 6 heteroatoms. The van der Waals surface area contributed by atoms with Crippen LogP contribution in [-0.2, 0) is 6.54 Å². The van der Waals surface area contributed by atoms with Crippen molar-refractivity contribution in [3.05, 3.63) is 38.6 Å². The maximum absolute atomic E-state index is 12.4. The van der Waals surface area contributed by atoms with Gasteiger partial charge in [0.2, 0.25) is 0 Å². The van der Waals surface area contributed by atoms with Gasteiger partial charge in [0.15, 0.2) is 5.56 Å². The molecule has 2 N–H and O–H groups in total. The lowest BCUT2D eigenvalue weighted by Crippen LogP contribution is -2.27. The molecule has 0 saturated carbocycles. The first-order chi connectivity index (χ1) is 9.82. The lowest BCUT2D eigenvalue weighted by Gasteiger charge is -2.14. The number of fused-ring (bicyclic) bond motifs is 1. The number of hydrogen-bond acceptors (Lipinski definition) is 3. The molecule has 0 unspecified atom stereocenters. The van der Waals surface area contributed by atoms with Crippen LogP contribution in [0.25, 0.3) is 10.9 Å². The Morgan fingerprint density at radius 3 is 2.62 bits per heavy atom. The molecule has 1 aromatic carbocycles. The second kappa shape index (κ2) is 5.89. The van der Waals surface area contributed by atoms with Gasteiger partial charge < -0.3 is 14.8 Å². The zero-order chi connectivity index (χ0) is 15.7. The SMILES string of the molecule is CC(C)CCn1c(=O)c(C(=O)O)c(O)c2cc(Br)ccc21. The summed E-state index contributed by atoms with van der Waals surface area (Å²) in [6.45, 7) is 4.47. The molecule has 5 nitrogen and oxygen atoms in total. The summed E-state index contributed by atoms with van der Waals surface area (Å²) in [5.74, 6) is -1.52. The molecule has 1 heterocycles. The van der Waals surface area contributed by atoms with Crippen LogP contribution in [0.3, 0.4) is 0 Å². The predicted molar refractivity (Wildman–Crippen MR) is 84.0 cm³/mol. The van der Waals surface area contributed by atoms with Crippen LogP contribution in [0.2, 0.25) is 0 Å². The highest BCUT2D eigenvalue weighted by Gasteiger charge is 2.21. The Balaban J connectivity index is 2.81. The number of rotatable bonds is 4. The molecule has 0 saturated heterocycles. The van der Waals surface area contributed by atoms with E-state index in [9.17, 15) is 19.8 Å². The summed E-state index contributed by atoms with van der Waals surface area (Å²) in [5.41, 5.74) is -0.717. The number of hydrogen-bond donors (Lipinski definition) is 2. The smallest absolute Gasteiger partial charge is 0.345 e. The second-order valence-electron chi connectivity index (χ2n) is 5.33. The summed E-state index contributed by atoms with van der Waals surface area (Å²) < 4.78 is 2.13. The topological polar surface area (TPSA) is 79.5 Å². The zero-order valence-electron chi connectivity index (χ0n) is 11.8. The van der Waals surface area contributed by atoms with E-state index in [1.54, 1.807) is 18.2 Å². The summed E-state index contributed by atoms with van der Waals surface area (Å²) in [5, 5.41) is 19.7. The average molecular weight is 354 g/mol. The van der Waals surface area contributed by atoms with E-state index < -0.39 is 22.8 Å². The third-order valence-corrected chi connectivity index (χ3v) is 3.84. The Labute approximate surface area is 130 Å². The Morgan fingerprint density at radius 2 is 2.05 bits per heavy atom. The van der Waals surface area contributed by atoms with Gasteiger partial charge >= 0.3 is 5.97 Å². The van der Waals surface area contributed by atoms with Crippen LogP contribution < -0.4 is 5.56 Å². The second-order valence-corrected chi connectivity index (χ2v) is 6.25. The highest BCUT2D eigenvalue weighted by Crippen LogP contribution is 2.29. The fourth-order valence-corrected chi connectivity index (χ4v) is 2.58. The van der Waals surface area contributed by atoms with Gasteiger partial charge in [0, 0.05) is 16.4 Å². The van der Waals surface area contributed by atoms with Crippen molar-refractivity contribution in [2.24, 2.45) is 5.92 Å². The molecule has 0 aliphatic carbocycles. The molecular weight excluding hydrogens is 338 g/mol. The van der Waals surface area contributed by atoms with Crippen molar-refractivity contribution in [3.63, 3.8) is 0 Å². The number of benzene rings is 1. The summed E-state index contributed by atoms with van der Waals surface area (Å²) in [4.78, 5) is 23.6. The fourth-order valence-electron chi connectivity index (χ4n) is 2.22. The van der Waals surface area contributed by atoms with E-state index in [-0.39, 0.29) is 0 Å². The number of carbonyl (C=O) groups is 1. The molecule has 0 fully saturated rings. The number of aromatic nitrogens is 1. The van der Waals surface area contributed by atoms with Crippen LogP contribution in [0.1, 0.15) is 30.6 Å². The summed E-state index contributed by atoms with van der Waals surface area (Å²) in [6, 6.07) is 5.07. The van der Waals surface area contributed by atoms with E-state index in [4.69, 9.17) is 0 Å². The van der Waals surface area contributed by atoms with Gasteiger partial charge in [-0.2, -0.15) is 0 Å². The van der Waals surface area contributed by atoms with Crippen LogP contribution in [-0.4, -0.2) is 20.7 Å². The predicted octanol–water partition coefficient (Wildman–Crippen LogP) is 3.21. The first-order valence-corrected chi connectivity index (χ1v) is 7.40. The van der Waals surface area contributed by atoms with Crippen LogP contribution in [0.15, 0.2) is 27.5 Å².